The van der Waals surface area contributed by atoms with Gasteiger partial charge in [-0.1, -0.05) is 34.7 Å². The second-order valence-electron chi connectivity index (χ2n) is 5.26. The molecule has 0 radical (unpaired) electrons. The van der Waals surface area contributed by atoms with E-state index in [-0.39, 0.29) is 5.56 Å². The molecule has 4 aromatic rings. The van der Waals surface area contributed by atoms with Crippen LogP contribution < -0.4 is 10.9 Å². The lowest BCUT2D eigenvalue weighted by Crippen LogP contribution is -2.14. The Morgan fingerprint density at radius 1 is 1.31 bits per heavy atom. The third-order valence-corrected chi connectivity index (χ3v) is 5.69. The highest BCUT2D eigenvalue weighted by atomic mass is 35.5. The van der Waals surface area contributed by atoms with Crippen molar-refractivity contribution in [3.63, 3.8) is 0 Å². The summed E-state index contributed by atoms with van der Waals surface area (Å²) in [7, 11) is 0. The van der Waals surface area contributed by atoms with E-state index in [1.54, 1.807) is 24.6 Å². The van der Waals surface area contributed by atoms with Crippen molar-refractivity contribution in [1.82, 2.24) is 19.6 Å². The number of hydrogen-bond donors (Lipinski definition) is 1. The molecule has 10 heteroatoms. The molecule has 4 heterocycles. The number of fused-ring (bicyclic) bond motifs is 1. The first-order chi connectivity index (χ1) is 12.7. The Balaban J connectivity index is 1.42. The summed E-state index contributed by atoms with van der Waals surface area (Å²) in [6.45, 7) is 0.553. The first kappa shape index (κ1) is 17.1. The molecule has 7 nitrogen and oxygen atoms in total. The van der Waals surface area contributed by atoms with Gasteiger partial charge in [0, 0.05) is 18.0 Å². The molecule has 4 aromatic heterocycles. The number of nitrogens with zero attached hydrogens (tertiary/aromatic N) is 4. The van der Waals surface area contributed by atoms with Crippen LogP contribution in [0.2, 0.25) is 5.02 Å². The van der Waals surface area contributed by atoms with E-state index in [9.17, 15) is 4.79 Å². The van der Waals surface area contributed by atoms with Crippen LogP contribution in [0.5, 0.6) is 0 Å². The van der Waals surface area contributed by atoms with E-state index in [0.29, 0.717) is 33.8 Å². The number of aromatic nitrogens is 4. The van der Waals surface area contributed by atoms with Gasteiger partial charge in [0.05, 0.1) is 23.5 Å². The quantitative estimate of drug-likeness (QED) is 0.489. The van der Waals surface area contributed by atoms with Gasteiger partial charge in [0.15, 0.2) is 4.34 Å². The zero-order valence-corrected chi connectivity index (χ0v) is 15.6. The van der Waals surface area contributed by atoms with Gasteiger partial charge in [0.2, 0.25) is 5.13 Å². The summed E-state index contributed by atoms with van der Waals surface area (Å²) in [5.74, 6) is 1.36. The minimum absolute atomic E-state index is 0.161. The maximum absolute atomic E-state index is 12.2. The molecule has 0 aliphatic heterocycles. The van der Waals surface area contributed by atoms with Crippen LogP contribution in [0.1, 0.15) is 11.5 Å². The average Bonchev–Trinajstić information content (AvgIpc) is 3.30. The standard InChI is InChI=1S/C16H12ClN5O2S2/c17-10-3-4-13-19-11(6-14(23)22(13)8-10)9-25-16-21-20-15(26-16)18-7-12-2-1-5-24-12/h1-6,8H,7,9H2,(H,18,20). The minimum atomic E-state index is -0.161. The molecule has 0 amide bonds. The largest absolute Gasteiger partial charge is 0.467 e. The van der Waals surface area contributed by atoms with Gasteiger partial charge in [-0.15, -0.1) is 10.2 Å². The zero-order chi connectivity index (χ0) is 17.9. The Morgan fingerprint density at radius 3 is 3.08 bits per heavy atom. The summed E-state index contributed by atoms with van der Waals surface area (Å²) in [4.78, 5) is 16.7. The first-order valence-corrected chi connectivity index (χ1v) is 9.76. The van der Waals surface area contributed by atoms with E-state index in [1.807, 2.05) is 12.1 Å². The highest BCUT2D eigenvalue weighted by Gasteiger charge is 2.08. The molecular formula is C16H12ClN5O2S2. The van der Waals surface area contributed by atoms with E-state index in [1.165, 1.54) is 33.6 Å². The van der Waals surface area contributed by atoms with Crippen molar-refractivity contribution in [1.29, 1.82) is 0 Å². The van der Waals surface area contributed by atoms with Crippen molar-refractivity contribution in [2.45, 2.75) is 16.6 Å². The predicted octanol–water partition coefficient (Wildman–Crippen LogP) is 3.70. The molecule has 0 atom stereocenters. The monoisotopic (exact) mass is 405 g/mol. The lowest BCUT2D eigenvalue weighted by molar-refractivity contribution is 0.518. The third-order valence-electron chi connectivity index (χ3n) is 3.42. The second kappa shape index (κ2) is 7.48. The predicted molar refractivity (Wildman–Crippen MR) is 102 cm³/mol. The second-order valence-corrected chi connectivity index (χ2v) is 7.89. The average molecular weight is 406 g/mol. The lowest BCUT2D eigenvalue weighted by Gasteiger charge is -2.03. The molecule has 1 N–H and O–H groups in total. The Hall–Kier alpha value is -2.36. The van der Waals surface area contributed by atoms with Crippen molar-refractivity contribution in [3.05, 3.63) is 69.6 Å². The Morgan fingerprint density at radius 2 is 2.23 bits per heavy atom. The number of furan rings is 1. The van der Waals surface area contributed by atoms with Gasteiger partial charge in [0.1, 0.15) is 11.4 Å². The van der Waals surface area contributed by atoms with E-state index in [2.05, 4.69) is 20.5 Å². The normalized spacial score (nSPS) is 11.1. The molecule has 0 aliphatic carbocycles. The molecule has 0 bridgehead atoms. The first-order valence-electron chi connectivity index (χ1n) is 7.58. The topological polar surface area (TPSA) is 85.3 Å². The van der Waals surface area contributed by atoms with Crippen molar-refractivity contribution in [3.8, 4) is 0 Å². The smallest absolute Gasteiger partial charge is 0.258 e. The van der Waals surface area contributed by atoms with Crippen LogP contribution in [0.15, 0.2) is 56.3 Å². The van der Waals surface area contributed by atoms with Gasteiger partial charge in [-0.3, -0.25) is 9.20 Å². The zero-order valence-electron chi connectivity index (χ0n) is 13.3. The van der Waals surface area contributed by atoms with Gasteiger partial charge in [-0.25, -0.2) is 4.98 Å². The fourth-order valence-electron chi connectivity index (χ4n) is 2.25. The summed E-state index contributed by atoms with van der Waals surface area (Å²) in [6.07, 6.45) is 3.19. The summed E-state index contributed by atoms with van der Waals surface area (Å²) < 4.78 is 7.49. The van der Waals surface area contributed by atoms with E-state index in [4.69, 9.17) is 16.0 Å². The van der Waals surface area contributed by atoms with Crippen molar-refractivity contribution in [2.24, 2.45) is 0 Å². The molecule has 26 heavy (non-hydrogen) atoms. The Labute approximate surface area is 161 Å². The Kier molecular flexibility index (Phi) is 4.91. The van der Waals surface area contributed by atoms with Crippen molar-refractivity contribution >= 4 is 45.5 Å². The van der Waals surface area contributed by atoms with Crippen LogP contribution in [-0.4, -0.2) is 19.6 Å². The summed E-state index contributed by atoms with van der Waals surface area (Å²) in [6, 6.07) is 8.67. The van der Waals surface area contributed by atoms with Crippen LogP contribution in [0.4, 0.5) is 5.13 Å². The van der Waals surface area contributed by atoms with Gasteiger partial charge in [-0.05, 0) is 24.3 Å². The summed E-state index contributed by atoms with van der Waals surface area (Å²) in [5.41, 5.74) is 1.09. The van der Waals surface area contributed by atoms with Gasteiger partial charge in [-0.2, -0.15) is 0 Å². The molecule has 0 aliphatic rings. The van der Waals surface area contributed by atoms with Gasteiger partial charge >= 0.3 is 0 Å². The Bertz CT molecular complexity index is 1090. The SMILES string of the molecule is O=c1cc(CSc2nnc(NCc3ccco3)s2)nc2ccc(Cl)cn12. The fraction of sp³-hybridized carbons (Fsp3) is 0.125. The van der Waals surface area contributed by atoms with Crippen molar-refractivity contribution in [2.75, 3.05) is 5.32 Å². The van der Waals surface area contributed by atoms with E-state index < -0.39 is 0 Å². The number of hydrogen-bond acceptors (Lipinski definition) is 8. The van der Waals surface area contributed by atoms with Crippen molar-refractivity contribution < 1.29 is 4.42 Å². The van der Waals surface area contributed by atoms with Crippen LogP contribution in [-0.2, 0) is 12.3 Å². The molecule has 0 spiro atoms. The lowest BCUT2D eigenvalue weighted by atomic mass is 10.4. The summed E-state index contributed by atoms with van der Waals surface area (Å²) in [5, 5.41) is 12.6. The van der Waals surface area contributed by atoms with Crippen LogP contribution in [0.3, 0.4) is 0 Å². The molecular weight excluding hydrogens is 394 g/mol. The number of halogens is 1. The number of rotatable bonds is 6. The third kappa shape index (κ3) is 3.90. The number of nitrogens with one attached hydrogen (secondary N) is 1. The highest BCUT2D eigenvalue weighted by Crippen LogP contribution is 2.28. The van der Waals surface area contributed by atoms with Gasteiger partial charge in [0.25, 0.3) is 5.56 Å². The number of thioether (sulfide) groups is 1. The molecule has 0 saturated heterocycles. The molecule has 4 rings (SSSR count). The van der Waals surface area contributed by atoms with Gasteiger partial charge < -0.3 is 9.73 Å². The fourth-order valence-corrected chi connectivity index (χ4v) is 4.05. The molecule has 132 valence electrons. The van der Waals surface area contributed by atoms with E-state index >= 15 is 0 Å². The molecule has 0 aromatic carbocycles. The van der Waals surface area contributed by atoms with Crippen LogP contribution in [0.25, 0.3) is 5.65 Å². The minimum Gasteiger partial charge on any atom is -0.467 e. The van der Waals surface area contributed by atoms with Crippen LogP contribution >= 0.6 is 34.7 Å². The van der Waals surface area contributed by atoms with Crippen LogP contribution in [0, 0.1) is 0 Å². The number of anilines is 1. The maximum Gasteiger partial charge on any atom is 0.258 e. The molecule has 0 saturated carbocycles. The maximum atomic E-state index is 12.2. The van der Waals surface area contributed by atoms with E-state index in [0.717, 1.165) is 10.1 Å². The highest BCUT2D eigenvalue weighted by molar-refractivity contribution is 8.00. The molecule has 0 fully saturated rings. The molecule has 0 unspecified atom stereocenters. The summed E-state index contributed by atoms with van der Waals surface area (Å²) >= 11 is 8.84. The number of pyridine rings is 1.